The molecule has 1 aromatic rings. The lowest BCUT2D eigenvalue weighted by atomic mass is 10.2. The van der Waals surface area contributed by atoms with Gasteiger partial charge in [0.25, 0.3) is 0 Å². The molecule has 0 aliphatic rings. The SMILES string of the molecule is CCC(=O)Oc1c(I)cc(C=O)cc1OC. The van der Waals surface area contributed by atoms with Gasteiger partial charge in [0.05, 0.1) is 10.7 Å². The topological polar surface area (TPSA) is 52.6 Å². The fourth-order valence-corrected chi connectivity index (χ4v) is 1.83. The smallest absolute Gasteiger partial charge is 0.311 e. The van der Waals surface area contributed by atoms with Crippen LogP contribution in [0, 0.1) is 3.57 Å². The molecule has 0 aliphatic heterocycles. The van der Waals surface area contributed by atoms with Gasteiger partial charge in [-0.05, 0) is 34.7 Å². The maximum absolute atomic E-state index is 11.2. The molecule has 0 unspecified atom stereocenters. The monoisotopic (exact) mass is 334 g/mol. The first-order valence-corrected chi connectivity index (χ1v) is 5.73. The molecule has 0 radical (unpaired) electrons. The molecule has 1 aromatic carbocycles. The minimum absolute atomic E-state index is 0.286. The first-order valence-electron chi connectivity index (χ1n) is 4.65. The molecular weight excluding hydrogens is 323 g/mol. The fourth-order valence-electron chi connectivity index (χ4n) is 1.09. The van der Waals surface area contributed by atoms with Gasteiger partial charge in [-0.15, -0.1) is 0 Å². The van der Waals surface area contributed by atoms with Crippen LogP contribution < -0.4 is 9.47 Å². The van der Waals surface area contributed by atoms with Crippen molar-refractivity contribution in [1.82, 2.24) is 0 Å². The normalized spacial score (nSPS) is 9.69. The van der Waals surface area contributed by atoms with Crippen molar-refractivity contribution < 1.29 is 19.1 Å². The molecule has 0 N–H and O–H groups in total. The summed E-state index contributed by atoms with van der Waals surface area (Å²) in [6.45, 7) is 1.71. The van der Waals surface area contributed by atoms with Crippen molar-refractivity contribution in [3.8, 4) is 11.5 Å². The second-order valence-electron chi connectivity index (χ2n) is 2.98. The lowest BCUT2D eigenvalue weighted by Gasteiger charge is -2.11. The van der Waals surface area contributed by atoms with Gasteiger partial charge in [-0.1, -0.05) is 6.92 Å². The highest BCUT2D eigenvalue weighted by molar-refractivity contribution is 14.1. The summed E-state index contributed by atoms with van der Waals surface area (Å²) in [6, 6.07) is 3.17. The van der Waals surface area contributed by atoms with Crippen LogP contribution in [0.25, 0.3) is 0 Å². The van der Waals surface area contributed by atoms with Crippen LogP contribution >= 0.6 is 22.6 Å². The number of carbonyl (C=O) groups is 2. The van der Waals surface area contributed by atoms with Crippen molar-refractivity contribution >= 4 is 34.8 Å². The first kappa shape index (κ1) is 13.0. The lowest BCUT2D eigenvalue weighted by Crippen LogP contribution is -2.08. The number of methoxy groups -OCH3 is 1. The zero-order valence-electron chi connectivity index (χ0n) is 8.95. The summed E-state index contributed by atoms with van der Waals surface area (Å²) in [7, 11) is 1.46. The Bertz CT molecular complexity index is 415. The third-order valence-corrected chi connectivity index (χ3v) is 2.69. The number of aldehydes is 1. The summed E-state index contributed by atoms with van der Waals surface area (Å²) in [5.41, 5.74) is 0.484. The maximum atomic E-state index is 11.2. The number of hydrogen-bond donors (Lipinski definition) is 0. The van der Waals surface area contributed by atoms with Crippen molar-refractivity contribution in [2.24, 2.45) is 0 Å². The summed E-state index contributed by atoms with van der Waals surface area (Å²) in [5, 5.41) is 0. The molecular formula is C11H11IO4. The van der Waals surface area contributed by atoms with E-state index in [0.29, 0.717) is 20.6 Å². The van der Waals surface area contributed by atoms with Crippen LogP contribution in [0.4, 0.5) is 0 Å². The number of halogens is 1. The molecule has 0 spiro atoms. The number of esters is 1. The standard InChI is InChI=1S/C11H11IO4/c1-3-10(14)16-11-8(12)4-7(6-13)5-9(11)15-2/h4-6H,3H2,1-2H3. The Hall–Kier alpha value is -1.11. The van der Waals surface area contributed by atoms with Crippen LogP contribution in [0.3, 0.4) is 0 Å². The quantitative estimate of drug-likeness (QED) is 0.367. The molecule has 16 heavy (non-hydrogen) atoms. The number of benzene rings is 1. The molecule has 0 aromatic heterocycles. The van der Waals surface area contributed by atoms with E-state index < -0.39 is 0 Å². The van der Waals surface area contributed by atoms with Gasteiger partial charge >= 0.3 is 5.97 Å². The molecule has 0 bridgehead atoms. The van der Waals surface area contributed by atoms with Gasteiger partial charge in [-0.25, -0.2) is 0 Å². The fraction of sp³-hybridized carbons (Fsp3) is 0.273. The molecule has 0 aliphatic carbocycles. The van der Waals surface area contributed by atoms with E-state index in [1.54, 1.807) is 13.0 Å². The molecule has 0 fully saturated rings. The second kappa shape index (κ2) is 5.83. The van der Waals surface area contributed by atoms with Crippen LogP contribution in [0.15, 0.2) is 12.1 Å². The summed E-state index contributed by atoms with van der Waals surface area (Å²) >= 11 is 1.99. The predicted molar refractivity (Wildman–Crippen MR) is 67.0 cm³/mol. The first-order chi connectivity index (χ1) is 7.62. The van der Waals surface area contributed by atoms with E-state index in [0.717, 1.165) is 6.29 Å². The van der Waals surface area contributed by atoms with Crippen LogP contribution in [0.1, 0.15) is 23.7 Å². The van der Waals surface area contributed by atoms with Gasteiger partial charge in [-0.3, -0.25) is 9.59 Å². The maximum Gasteiger partial charge on any atom is 0.311 e. The zero-order valence-corrected chi connectivity index (χ0v) is 11.1. The average Bonchev–Trinajstić information content (AvgIpc) is 2.30. The Morgan fingerprint density at radius 2 is 2.19 bits per heavy atom. The van der Waals surface area contributed by atoms with Crippen molar-refractivity contribution in [2.45, 2.75) is 13.3 Å². The van der Waals surface area contributed by atoms with E-state index in [9.17, 15) is 9.59 Å². The Labute approximate surface area is 107 Å². The molecule has 86 valence electrons. The van der Waals surface area contributed by atoms with Gasteiger partial charge < -0.3 is 9.47 Å². The average molecular weight is 334 g/mol. The Morgan fingerprint density at radius 3 is 2.69 bits per heavy atom. The summed E-state index contributed by atoms with van der Waals surface area (Å²) in [6.07, 6.45) is 1.00. The largest absolute Gasteiger partial charge is 0.493 e. The van der Waals surface area contributed by atoms with Gasteiger partial charge in [-0.2, -0.15) is 0 Å². The minimum Gasteiger partial charge on any atom is -0.493 e. The third kappa shape index (κ3) is 2.94. The zero-order chi connectivity index (χ0) is 12.1. The molecule has 0 amide bonds. The van der Waals surface area contributed by atoms with Gasteiger partial charge in [0.15, 0.2) is 11.5 Å². The number of hydrogen-bond acceptors (Lipinski definition) is 4. The number of ether oxygens (including phenoxy) is 2. The Balaban J connectivity index is 3.16. The van der Waals surface area contributed by atoms with E-state index >= 15 is 0 Å². The molecule has 1 rings (SSSR count). The van der Waals surface area contributed by atoms with Crippen molar-refractivity contribution in [2.75, 3.05) is 7.11 Å². The molecule has 4 nitrogen and oxygen atoms in total. The van der Waals surface area contributed by atoms with Crippen molar-refractivity contribution in [1.29, 1.82) is 0 Å². The van der Waals surface area contributed by atoms with Gasteiger partial charge in [0.1, 0.15) is 6.29 Å². The Kier molecular flexibility index (Phi) is 4.72. The highest BCUT2D eigenvalue weighted by Gasteiger charge is 2.14. The highest BCUT2D eigenvalue weighted by Crippen LogP contribution is 2.33. The van der Waals surface area contributed by atoms with Gasteiger partial charge in [0, 0.05) is 12.0 Å². The van der Waals surface area contributed by atoms with E-state index in [4.69, 9.17) is 9.47 Å². The van der Waals surface area contributed by atoms with Crippen molar-refractivity contribution in [3.05, 3.63) is 21.3 Å². The van der Waals surface area contributed by atoms with E-state index in [2.05, 4.69) is 0 Å². The van der Waals surface area contributed by atoms with E-state index in [-0.39, 0.29) is 12.4 Å². The molecule has 5 heteroatoms. The van der Waals surface area contributed by atoms with E-state index in [1.165, 1.54) is 13.2 Å². The van der Waals surface area contributed by atoms with Crippen LogP contribution in [-0.2, 0) is 4.79 Å². The number of rotatable bonds is 4. The van der Waals surface area contributed by atoms with Gasteiger partial charge in [0.2, 0.25) is 0 Å². The number of carbonyl (C=O) groups excluding carboxylic acids is 2. The summed E-state index contributed by atoms with van der Waals surface area (Å²) in [4.78, 5) is 21.9. The second-order valence-corrected chi connectivity index (χ2v) is 4.14. The van der Waals surface area contributed by atoms with Crippen LogP contribution in [0.2, 0.25) is 0 Å². The minimum atomic E-state index is -0.338. The molecule has 0 heterocycles. The predicted octanol–water partition coefficient (Wildman–Crippen LogP) is 2.43. The molecule has 0 atom stereocenters. The van der Waals surface area contributed by atoms with E-state index in [1.807, 2.05) is 22.6 Å². The summed E-state index contributed by atoms with van der Waals surface area (Å²) in [5.74, 6) is 0.409. The third-order valence-electron chi connectivity index (χ3n) is 1.89. The lowest BCUT2D eigenvalue weighted by molar-refractivity contribution is -0.134. The van der Waals surface area contributed by atoms with Crippen molar-refractivity contribution in [3.63, 3.8) is 0 Å². The highest BCUT2D eigenvalue weighted by atomic mass is 127. The summed E-state index contributed by atoms with van der Waals surface area (Å²) < 4.78 is 10.9. The molecule has 0 saturated heterocycles. The Morgan fingerprint density at radius 1 is 1.50 bits per heavy atom. The molecule has 0 saturated carbocycles. The van der Waals surface area contributed by atoms with Crippen LogP contribution in [-0.4, -0.2) is 19.4 Å². The van der Waals surface area contributed by atoms with Crippen LogP contribution in [0.5, 0.6) is 11.5 Å².